The molecular formula is C31H44N2O4S. The number of benzene rings is 2. The maximum Gasteiger partial charge on any atom is 0.328 e. The lowest BCUT2D eigenvalue weighted by Gasteiger charge is -2.27. The molecule has 38 heavy (non-hydrogen) atoms. The predicted octanol–water partition coefficient (Wildman–Crippen LogP) is 5.76. The summed E-state index contributed by atoms with van der Waals surface area (Å²) >= 11 is 1.63. The van der Waals surface area contributed by atoms with Crippen molar-refractivity contribution >= 4 is 23.6 Å². The minimum atomic E-state index is -0.680. The Bertz CT molecular complexity index is 1040. The molecule has 2 aromatic rings. The van der Waals surface area contributed by atoms with Crippen LogP contribution in [0.2, 0.25) is 0 Å². The normalized spacial score (nSPS) is 15.6. The average molecular weight is 541 g/mol. The molecule has 7 heteroatoms. The lowest BCUT2D eigenvalue weighted by molar-refractivity contribution is -0.142. The molecule has 1 fully saturated rings. The van der Waals surface area contributed by atoms with Crippen LogP contribution in [-0.4, -0.2) is 56.8 Å². The number of methoxy groups -OCH3 is 2. The Morgan fingerprint density at radius 2 is 1.82 bits per heavy atom. The highest BCUT2D eigenvalue weighted by atomic mass is 32.2. The first-order valence-electron chi connectivity index (χ1n) is 13.8. The standard InChI is InChI=1S/C31H44N2O4S/c1-22-10-8-9-13-26(22)28-19-24(20-32-25(21-36-2)18-23-11-6-5-7-12-23)14-15-27(28)30(34)33-29(16-17-38-4)31(35)37-3/h8-10,13-15,19,23,25,29,32H,5-7,11-12,16-18,20-21H2,1-4H3,(H,33,34). The van der Waals surface area contributed by atoms with Crippen LogP contribution in [0.3, 0.4) is 0 Å². The van der Waals surface area contributed by atoms with Gasteiger partial charge in [0.15, 0.2) is 0 Å². The van der Waals surface area contributed by atoms with Gasteiger partial charge in [-0.25, -0.2) is 4.79 Å². The highest BCUT2D eigenvalue weighted by molar-refractivity contribution is 7.98. The number of ether oxygens (including phenoxy) is 2. The summed E-state index contributed by atoms with van der Waals surface area (Å²) in [5.74, 6) is 0.819. The molecule has 0 aliphatic heterocycles. The molecule has 0 radical (unpaired) electrons. The Hall–Kier alpha value is -2.35. The second kappa shape index (κ2) is 15.9. The van der Waals surface area contributed by atoms with Gasteiger partial charge in [0.05, 0.1) is 13.7 Å². The van der Waals surface area contributed by atoms with E-state index >= 15 is 0 Å². The van der Waals surface area contributed by atoms with Gasteiger partial charge in [0.2, 0.25) is 0 Å². The average Bonchev–Trinajstić information content (AvgIpc) is 2.94. The molecule has 0 heterocycles. The second-order valence-corrected chi connectivity index (χ2v) is 11.3. The quantitative estimate of drug-likeness (QED) is 0.297. The molecule has 0 aromatic heterocycles. The molecule has 3 rings (SSSR count). The predicted molar refractivity (Wildman–Crippen MR) is 157 cm³/mol. The molecule has 6 nitrogen and oxygen atoms in total. The summed E-state index contributed by atoms with van der Waals surface area (Å²) in [5, 5.41) is 6.64. The fourth-order valence-electron chi connectivity index (χ4n) is 5.36. The van der Waals surface area contributed by atoms with Gasteiger partial charge < -0.3 is 20.1 Å². The van der Waals surface area contributed by atoms with Crippen LogP contribution >= 0.6 is 11.8 Å². The maximum absolute atomic E-state index is 13.5. The number of nitrogens with one attached hydrogen (secondary N) is 2. The van der Waals surface area contributed by atoms with Gasteiger partial charge in [0.25, 0.3) is 5.91 Å². The first-order chi connectivity index (χ1) is 18.5. The van der Waals surface area contributed by atoms with Crippen LogP contribution < -0.4 is 10.6 Å². The lowest BCUT2D eigenvalue weighted by atomic mass is 9.85. The van der Waals surface area contributed by atoms with Gasteiger partial charge >= 0.3 is 5.97 Å². The van der Waals surface area contributed by atoms with Gasteiger partial charge in [0.1, 0.15) is 6.04 Å². The molecule has 1 saturated carbocycles. The van der Waals surface area contributed by atoms with Gasteiger partial charge in [0, 0.05) is 25.3 Å². The number of thioether (sulfide) groups is 1. The van der Waals surface area contributed by atoms with Crippen molar-refractivity contribution in [3.8, 4) is 11.1 Å². The molecule has 2 atom stereocenters. The number of hydrogen-bond acceptors (Lipinski definition) is 6. The zero-order valence-electron chi connectivity index (χ0n) is 23.4. The number of amides is 1. The van der Waals surface area contributed by atoms with Crippen LogP contribution in [-0.2, 0) is 20.8 Å². The van der Waals surface area contributed by atoms with Crippen molar-refractivity contribution in [3.63, 3.8) is 0 Å². The summed E-state index contributed by atoms with van der Waals surface area (Å²) in [6.07, 6.45) is 10.3. The largest absolute Gasteiger partial charge is 0.467 e. The van der Waals surface area contributed by atoms with Crippen LogP contribution in [0.25, 0.3) is 11.1 Å². The smallest absolute Gasteiger partial charge is 0.328 e. The van der Waals surface area contributed by atoms with Crippen molar-refractivity contribution in [2.24, 2.45) is 5.92 Å². The summed E-state index contributed by atoms with van der Waals surface area (Å²) in [5.41, 5.74) is 4.62. The van der Waals surface area contributed by atoms with E-state index in [1.54, 1.807) is 18.9 Å². The van der Waals surface area contributed by atoms with Crippen LogP contribution in [0.15, 0.2) is 42.5 Å². The molecule has 0 spiro atoms. The minimum absolute atomic E-state index is 0.270. The summed E-state index contributed by atoms with van der Waals surface area (Å²) < 4.78 is 10.5. The molecule has 0 saturated heterocycles. The van der Waals surface area contributed by atoms with E-state index in [2.05, 4.69) is 29.7 Å². The van der Waals surface area contributed by atoms with E-state index in [9.17, 15) is 9.59 Å². The topological polar surface area (TPSA) is 76.7 Å². The Morgan fingerprint density at radius 3 is 2.50 bits per heavy atom. The Kier molecular flexibility index (Phi) is 12.6. The van der Waals surface area contributed by atoms with Crippen molar-refractivity contribution < 1.29 is 19.1 Å². The van der Waals surface area contributed by atoms with Crippen molar-refractivity contribution in [1.82, 2.24) is 10.6 Å². The van der Waals surface area contributed by atoms with Crippen LogP contribution in [0.1, 0.15) is 66.4 Å². The van der Waals surface area contributed by atoms with E-state index in [0.717, 1.165) is 40.3 Å². The fraction of sp³-hybridized carbons (Fsp3) is 0.548. The van der Waals surface area contributed by atoms with Gasteiger partial charge in [-0.1, -0.05) is 62.4 Å². The molecule has 208 valence electrons. The monoisotopic (exact) mass is 540 g/mol. The molecule has 1 aliphatic carbocycles. The molecular weight excluding hydrogens is 496 g/mol. The van der Waals surface area contributed by atoms with E-state index in [1.807, 2.05) is 36.6 Å². The number of esters is 1. The molecule has 2 N–H and O–H groups in total. The lowest BCUT2D eigenvalue weighted by Crippen LogP contribution is -2.42. The third kappa shape index (κ3) is 8.85. The van der Waals surface area contributed by atoms with Gasteiger partial charge in [-0.05, 0) is 72.1 Å². The van der Waals surface area contributed by atoms with Crippen molar-refractivity contribution in [2.75, 3.05) is 32.8 Å². The van der Waals surface area contributed by atoms with Crippen molar-refractivity contribution in [2.45, 2.75) is 70.5 Å². The first kappa shape index (κ1) is 30.2. The van der Waals surface area contributed by atoms with E-state index in [-0.39, 0.29) is 5.91 Å². The van der Waals surface area contributed by atoms with Gasteiger partial charge in [-0.3, -0.25) is 4.79 Å². The third-order valence-electron chi connectivity index (χ3n) is 7.47. The molecule has 2 unspecified atom stereocenters. The van der Waals surface area contributed by atoms with Crippen molar-refractivity contribution in [1.29, 1.82) is 0 Å². The van der Waals surface area contributed by atoms with E-state index < -0.39 is 12.0 Å². The summed E-state index contributed by atoms with van der Waals surface area (Å²) in [7, 11) is 3.12. The Morgan fingerprint density at radius 1 is 1.05 bits per heavy atom. The van der Waals surface area contributed by atoms with E-state index in [4.69, 9.17) is 9.47 Å². The van der Waals surface area contributed by atoms with E-state index in [0.29, 0.717) is 31.2 Å². The van der Waals surface area contributed by atoms with Gasteiger partial charge in [-0.15, -0.1) is 0 Å². The van der Waals surface area contributed by atoms with Crippen LogP contribution in [0.5, 0.6) is 0 Å². The number of carbonyl (C=O) groups excluding carboxylic acids is 2. The number of carbonyl (C=O) groups is 2. The zero-order valence-corrected chi connectivity index (χ0v) is 24.2. The zero-order chi connectivity index (χ0) is 27.3. The summed E-state index contributed by atoms with van der Waals surface area (Å²) in [6.45, 7) is 3.43. The highest BCUT2D eigenvalue weighted by Gasteiger charge is 2.24. The molecule has 0 bridgehead atoms. The fourth-order valence-corrected chi connectivity index (χ4v) is 5.83. The van der Waals surface area contributed by atoms with Crippen LogP contribution in [0, 0.1) is 12.8 Å². The summed E-state index contributed by atoms with van der Waals surface area (Å²) in [4.78, 5) is 25.8. The molecule has 2 aromatic carbocycles. The number of hydrogen-bond donors (Lipinski definition) is 2. The number of rotatable bonds is 14. The molecule has 1 aliphatic rings. The maximum atomic E-state index is 13.5. The third-order valence-corrected chi connectivity index (χ3v) is 8.11. The van der Waals surface area contributed by atoms with Gasteiger partial charge in [-0.2, -0.15) is 11.8 Å². The highest BCUT2D eigenvalue weighted by Crippen LogP contribution is 2.30. The second-order valence-electron chi connectivity index (χ2n) is 10.3. The SMILES string of the molecule is COCC(CC1CCCCC1)NCc1ccc(C(=O)NC(CCSC)C(=O)OC)c(-c2ccccc2C)c1. The van der Waals surface area contributed by atoms with Crippen molar-refractivity contribution in [3.05, 3.63) is 59.2 Å². The number of aryl methyl sites for hydroxylation is 1. The minimum Gasteiger partial charge on any atom is -0.467 e. The first-order valence-corrected chi connectivity index (χ1v) is 15.1. The summed E-state index contributed by atoms with van der Waals surface area (Å²) in [6, 6.07) is 13.7. The van der Waals surface area contributed by atoms with Crippen LogP contribution in [0.4, 0.5) is 0 Å². The Balaban J connectivity index is 1.82. The Labute approximate surface area is 232 Å². The molecule has 1 amide bonds. The van der Waals surface area contributed by atoms with E-state index in [1.165, 1.54) is 39.2 Å².